The number of nitrogens with zero attached hydrogens (tertiary/aromatic N) is 1. The van der Waals surface area contributed by atoms with Gasteiger partial charge in [0.1, 0.15) is 5.82 Å². The predicted octanol–water partition coefficient (Wildman–Crippen LogP) is 2.97. The number of amides is 1. The Hall–Kier alpha value is -1.38. The summed E-state index contributed by atoms with van der Waals surface area (Å²) in [5, 5.41) is 0. The second-order valence-corrected chi connectivity index (χ2v) is 4.80. The summed E-state index contributed by atoms with van der Waals surface area (Å²) < 4.78 is 12.7. The Morgan fingerprint density at radius 2 is 1.88 bits per heavy atom. The van der Waals surface area contributed by atoms with E-state index in [2.05, 4.69) is 0 Å². The molecular formula is C14H18FNO. The quantitative estimate of drug-likeness (QED) is 0.788. The highest BCUT2D eigenvalue weighted by atomic mass is 19.1. The molecule has 1 aromatic rings. The van der Waals surface area contributed by atoms with Crippen LogP contribution < -0.4 is 0 Å². The van der Waals surface area contributed by atoms with Crippen LogP contribution in [0.1, 0.15) is 31.2 Å². The highest BCUT2D eigenvalue weighted by molar-refractivity contribution is 5.78. The highest BCUT2D eigenvalue weighted by Crippen LogP contribution is 2.26. The average Bonchev–Trinajstić information content (AvgIpc) is 2.84. The van der Waals surface area contributed by atoms with Crippen molar-refractivity contribution in [3.05, 3.63) is 35.6 Å². The molecule has 1 amide bonds. The van der Waals surface area contributed by atoms with Gasteiger partial charge in [-0.3, -0.25) is 4.79 Å². The zero-order valence-corrected chi connectivity index (χ0v) is 10.2. The first-order valence-electron chi connectivity index (χ1n) is 6.16. The van der Waals surface area contributed by atoms with Crippen molar-refractivity contribution in [2.45, 2.75) is 32.2 Å². The first-order chi connectivity index (χ1) is 8.16. The van der Waals surface area contributed by atoms with Gasteiger partial charge in [0.25, 0.3) is 0 Å². The Kier molecular flexibility index (Phi) is 3.77. The molecule has 0 unspecified atom stereocenters. The average molecular weight is 235 g/mol. The molecule has 0 heterocycles. The van der Waals surface area contributed by atoms with Crippen molar-refractivity contribution in [3.8, 4) is 0 Å². The van der Waals surface area contributed by atoms with Crippen molar-refractivity contribution in [1.29, 1.82) is 0 Å². The van der Waals surface area contributed by atoms with Gasteiger partial charge in [0.05, 0.1) is 0 Å². The minimum absolute atomic E-state index is 0.209. The topological polar surface area (TPSA) is 20.3 Å². The van der Waals surface area contributed by atoms with Gasteiger partial charge in [-0.25, -0.2) is 4.39 Å². The maximum Gasteiger partial charge on any atom is 0.225 e. The molecule has 0 saturated heterocycles. The fourth-order valence-electron chi connectivity index (χ4n) is 2.43. The third-order valence-corrected chi connectivity index (χ3v) is 3.41. The molecule has 3 heteroatoms. The molecule has 1 aliphatic rings. The van der Waals surface area contributed by atoms with Gasteiger partial charge < -0.3 is 4.90 Å². The third kappa shape index (κ3) is 3.05. The lowest BCUT2D eigenvalue weighted by Crippen LogP contribution is -2.31. The molecule has 0 aromatic heterocycles. The summed E-state index contributed by atoms with van der Waals surface area (Å²) in [6, 6.07) is 6.33. The Balaban J connectivity index is 1.93. The first-order valence-corrected chi connectivity index (χ1v) is 6.16. The van der Waals surface area contributed by atoms with Crippen LogP contribution in [0.25, 0.3) is 0 Å². The monoisotopic (exact) mass is 235 g/mol. The lowest BCUT2D eigenvalue weighted by molar-refractivity contribution is -0.134. The maximum atomic E-state index is 12.7. The summed E-state index contributed by atoms with van der Waals surface area (Å²) in [5.41, 5.74) is 0.972. The fourth-order valence-corrected chi connectivity index (χ4v) is 2.43. The lowest BCUT2D eigenvalue weighted by atomic mass is 10.1. The predicted molar refractivity (Wildman–Crippen MR) is 64.8 cm³/mol. The van der Waals surface area contributed by atoms with Gasteiger partial charge in [0.15, 0.2) is 0 Å². The van der Waals surface area contributed by atoms with Crippen molar-refractivity contribution in [3.63, 3.8) is 0 Å². The summed E-state index contributed by atoms with van der Waals surface area (Å²) in [4.78, 5) is 13.8. The van der Waals surface area contributed by atoms with Crippen LogP contribution in [-0.2, 0) is 11.3 Å². The van der Waals surface area contributed by atoms with E-state index in [1.165, 1.54) is 25.0 Å². The Morgan fingerprint density at radius 1 is 1.29 bits per heavy atom. The number of benzene rings is 1. The van der Waals surface area contributed by atoms with Crippen LogP contribution in [0.4, 0.5) is 4.39 Å². The van der Waals surface area contributed by atoms with Gasteiger partial charge >= 0.3 is 0 Å². The van der Waals surface area contributed by atoms with Crippen LogP contribution >= 0.6 is 0 Å². The number of carbonyl (C=O) groups is 1. The highest BCUT2D eigenvalue weighted by Gasteiger charge is 2.25. The van der Waals surface area contributed by atoms with Gasteiger partial charge in [-0.05, 0) is 30.5 Å². The van der Waals surface area contributed by atoms with E-state index in [4.69, 9.17) is 0 Å². The van der Waals surface area contributed by atoms with Crippen LogP contribution in [0, 0.1) is 11.7 Å². The molecule has 0 radical (unpaired) electrons. The molecular weight excluding hydrogens is 217 g/mol. The van der Waals surface area contributed by atoms with Gasteiger partial charge in [0, 0.05) is 19.5 Å². The molecule has 1 aromatic carbocycles. The van der Waals surface area contributed by atoms with Crippen LogP contribution in [0.2, 0.25) is 0 Å². The number of hydrogen-bond acceptors (Lipinski definition) is 1. The van der Waals surface area contributed by atoms with E-state index < -0.39 is 0 Å². The smallest absolute Gasteiger partial charge is 0.225 e. The van der Waals surface area contributed by atoms with Gasteiger partial charge in [-0.1, -0.05) is 25.0 Å². The number of carbonyl (C=O) groups excluding carboxylic acids is 1. The first kappa shape index (κ1) is 12.1. The second kappa shape index (κ2) is 5.30. The van der Waals surface area contributed by atoms with E-state index in [0.29, 0.717) is 6.54 Å². The summed E-state index contributed by atoms with van der Waals surface area (Å²) >= 11 is 0. The molecule has 0 atom stereocenters. The van der Waals surface area contributed by atoms with Crippen molar-refractivity contribution in [2.75, 3.05) is 7.05 Å². The molecule has 0 N–H and O–H groups in total. The van der Waals surface area contributed by atoms with E-state index in [-0.39, 0.29) is 17.6 Å². The molecule has 92 valence electrons. The normalized spacial score (nSPS) is 16.1. The Bertz CT molecular complexity index is 382. The standard InChI is InChI=1S/C14H18FNO/c1-16(14(17)12-4-2-3-5-12)10-11-6-8-13(15)9-7-11/h6-9,12H,2-5,10H2,1H3. The Morgan fingerprint density at radius 3 is 2.47 bits per heavy atom. The summed E-state index contributed by atoms with van der Waals surface area (Å²) in [7, 11) is 1.82. The lowest BCUT2D eigenvalue weighted by Gasteiger charge is -2.21. The van der Waals surface area contributed by atoms with Crippen LogP contribution in [0.15, 0.2) is 24.3 Å². The molecule has 1 fully saturated rings. The van der Waals surface area contributed by atoms with Gasteiger partial charge in [-0.15, -0.1) is 0 Å². The zero-order valence-electron chi connectivity index (χ0n) is 10.2. The zero-order chi connectivity index (χ0) is 12.3. The Labute approximate surface area is 101 Å². The van der Waals surface area contributed by atoms with Crippen molar-refractivity contribution < 1.29 is 9.18 Å². The molecule has 17 heavy (non-hydrogen) atoms. The van der Waals surface area contributed by atoms with Gasteiger partial charge in [0.2, 0.25) is 5.91 Å². The van der Waals surface area contributed by atoms with E-state index in [9.17, 15) is 9.18 Å². The molecule has 0 aliphatic heterocycles. The van der Waals surface area contributed by atoms with Gasteiger partial charge in [-0.2, -0.15) is 0 Å². The van der Waals surface area contributed by atoms with Crippen LogP contribution in [0.3, 0.4) is 0 Å². The van der Waals surface area contributed by atoms with E-state index >= 15 is 0 Å². The van der Waals surface area contributed by atoms with Crippen molar-refractivity contribution in [1.82, 2.24) is 4.90 Å². The minimum Gasteiger partial charge on any atom is -0.341 e. The van der Waals surface area contributed by atoms with E-state index in [1.807, 2.05) is 7.05 Å². The van der Waals surface area contributed by atoms with Crippen molar-refractivity contribution in [2.24, 2.45) is 5.92 Å². The number of rotatable bonds is 3. The molecule has 1 saturated carbocycles. The molecule has 1 aliphatic carbocycles. The fraction of sp³-hybridized carbons (Fsp3) is 0.500. The molecule has 0 spiro atoms. The molecule has 2 rings (SSSR count). The number of hydrogen-bond donors (Lipinski definition) is 0. The molecule has 0 bridgehead atoms. The molecule has 2 nitrogen and oxygen atoms in total. The van der Waals surface area contributed by atoms with Crippen LogP contribution in [-0.4, -0.2) is 17.9 Å². The largest absolute Gasteiger partial charge is 0.341 e. The van der Waals surface area contributed by atoms with E-state index in [1.54, 1.807) is 17.0 Å². The summed E-state index contributed by atoms with van der Waals surface area (Å²) in [6.07, 6.45) is 4.38. The summed E-state index contributed by atoms with van der Waals surface area (Å²) in [5.74, 6) is 0.200. The summed E-state index contributed by atoms with van der Waals surface area (Å²) in [6.45, 7) is 0.565. The number of halogens is 1. The van der Waals surface area contributed by atoms with Crippen molar-refractivity contribution >= 4 is 5.91 Å². The second-order valence-electron chi connectivity index (χ2n) is 4.80. The van der Waals surface area contributed by atoms with Crippen LogP contribution in [0.5, 0.6) is 0 Å². The van der Waals surface area contributed by atoms with E-state index in [0.717, 1.165) is 18.4 Å². The third-order valence-electron chi connectivity index (χ3n) is 3.41. The minimum atomic E-state index is -0.237. The maximum absolute atomic E-state index is 12.7. The SMILES string of the molecule is CN(Cc1ccc(F)cc1)C(=O)C1CCCC1.